The van der Waals surface area contributed by atoms with Crippen molar-refractivity contribution < 1.29 is 0 Å². The van der Waals surface area contributed by atoms with Gasteiger partial charge in [-0.25, -0.2) is 4.98 Å². The summed E-state index contributed by atoms with van der Waals surface area (Å²) in [4.78, 5) is 7.28. The first-order chi connectivity index (χ1) is 10.0. The Balaban J connectivity index is 0.00000176. The van der Waals surface area contributed by atoms with Crippen LogP contribution in [0.3, 0.4) is 0 Å². The SMILES string of the molecule is CC(C)(C)c1csc(CN2CCCNc3ccccc32)n1.Cl. The van der Waals surface area contributed by atoms with Gasteiger partial charge in [-0.2, -0.15) is 0 Å². The molecular formula is C17H24ClN3S. The number of nitrogens with one attached hydrogen (secondary N) is 1. The molecule has 1 N–H and O–H groups in total. The molecule has 0 bridgehead atoms. The second-order valence-corrected chi connectivity index (χ2v) is 7.54. The molecule has 0 amide bonds. The van der Waals surface area contributed by atoms with Crippen molar-refractivity contribution in [1.82, 2.24) is 4.98 Å². The minimum Gasteiger partial charge on any atom is -0.383 e. The van der Waals surface area contributed by atoms with Crippen LogP contribution in [-0.4, -0.2) is 18.1 Å². The normalized spacial score (nSPS) is 14.6. The van der Waals surface area contributed by atoms with E-state index in [-0.39, 0.29) is 17.8 Å². The van der Waals surface area contributed by atoms with E-state index in [9.17, 15) is 0 Å². The minimum absolute atomic E-state index is 0. The molecular weight excluding hydrogens is 314 g/mol. The Bertz CT molecular complexity index is 618. The lowest BCUT2D eigenvalue weighted by molar-refractivity contribution is 0.570. The van der Waals surface area contributed by atoms with E-state index in [1.807, 2.05) is 0 Å². The molecule has 2 heterocycles. The van der Waals surface area contributed by atoms with Crippen LogP contribution in [0.5, 0.6) is 0 Å². The average molecular weight is 338 g/mol. The zero-order valence-corrected chi connectivity index (χ0v) is 15.1. The molecule has 0 radical (unpaired) electrons. The summed E-state index contributed by atoms with van der Waals surface area (Å²) in [5, 5.41) is 6.92. The van der Waals surface area contributed by atoms with Crippen LogP contribution in [0.1, 0.15) is 37.9 Å². The summed E-state index contributed by atoms with van der Waals surface area (Å²) in [6, 6.07) is 8.57. The largest absolute Gasteiger partial charge is 0.383 e. The van der Waals surface area contributed by atoms with Crippen LogP contribution in [0.15, 0.2) is 29.6 Å². The van der Waals surface area contributed by atoms with Gasteiger partial charge in [-0.05, 0) is 18.6 Å². The van der Waals surface area contributed by atoms with Crippen LogP contribution < -0.4 is 10.2 Å². The second-order valence-electron chi connectivity index (χ2n) is 6.60. The molecule has 2 aromatic rings. The number of benzene rings is 1. The first-order valence-corrected chi connectivity index (χ1v) is 8.45. The third kappa shape index (κ3) is 3.73. The van der Waals surface area contributed by atoms with E-state index in [0.717, 1.165) is 26.1 Å². The van der Waals surface area contributed by atoms with Crippen LogP contribution in [0.4, 0.5) is 11.4 Å². The molecule has 3 rings (SSSR count). The van der Waals surface area contributed by atoms with Gasteiger partial charge in [0.15, 0.2) is 0 Å². The lowest BCUT2D eigenvalue weighted by atomic mass is 9.93. The predicted octanol–water partition coefficient (Wildman–Crippen LogP) is 4.68. The van der Waals surface area contributed by atoms with Crippen molar-refractivity contribution in [3.8, 4) is 0 Å². The number of para-hydroxylation sites is 2. The highest BCUT2D eigenvalue weighted by Crippen LogP contribution is 2.30. The summed E-state index contributed by atoms with van der Waals surface area (Å²) >= 11 is 1.78. The highest BCUT2D eigenvalue weighted by Gasteiger charge is 2.20. The highest BCUT2D eigenvalue weighted by molar-refractivity contribution is 7.09. The lowest BCUT2D eigenvalue weighted by Crippen LogP contribution is -2.23. The molecule has 22 heavy (non-hydrogen) atoms. The maximum atomic E-state index is 4.84. The lowest BCUT2D eigenvalue weighted by Gasteiger charge is -2.23. The van der Waals surface area contributed by atoms with Crippen molar-refractivity contribution in [3.63, 3.8) is 0 Å². The Labute approximate surface area is 143 Å². The van der Waals surface area contributed by atoms with Crippen LogP contribution >= 0.6 is 23.7 Å². The van der Waals surface area contributed by atoms with E-state index in [0.29, 0.717) is 0 Å². The van der Waals surface area contributed by atoms with Crippen molar-refractivity contribution in [2.24, 2.45) is 0 Å². The molecule has 3 nitrogen and oxygen atoms in total. The highest BCUT2D eigenvalue weighted by atomic mass is 35.5. The van der Waals surface area contributed by atoms with Crippen molar-refractivity contribution in [2.45, 2.75) is 39.2 Å². The molecule has 1 aromatic carbocycles. The molecule has 0 fully saturated rings. The number of hydrogen-bond donors (Lipinski definition) is 1. The first-order valence-electron chi connectivity index (χ1n) is 7.57. The maximum absolute atomic E-state index is 4.84. The monoisotopic (exact) mass is 337 g/mol. The number of thiazole rings is 1. The van der Waals surface area contributed by atoms with E-state index in [4.69, 9.17) is 4.98 Å². The molecule has 1 aliphatic heterocycles. The Morgan fingerprint density at radius 1 is 1.27 bits per heavy atom. The zero-order chi connectivity index (χ0) is 14.9. The fourth-order valence-corrected chi connectivity index (χ4v) is 3.60. The maximum Gasteiger partial charge on any atom is 0.112 e. The second kappa shape index (κ2) is 6.88. The Morgan fingerprint density at radius 3 is 2.77 bits per heavy atom. The summed E-state index contributed by atoms with van der Waals surface area (Å²) < 4.78 is 0. The van der Waals surface area contributed by atoms with Crippen LogP contribution in [0.2, 0.25) is 0 Å². The van der Waals surface area contributed by atoms with Gasteiger partial charge in [0.2, 0.25) is 0 Å². The summed E-state index contributed by atoms with van der Waals surface area (Å²) in [6.07, 6.45) is 1.16. The molecule has 0 aliphatic carbocycles. The van der Waals surface area contributed by atoms with E-state index in [1.165, 1.54) is 22.1 Å². The summed E-state index contributed by atoms with van der Waals surface area (Å²) in [6.45, 7) is 9.68. The number of rotatable bonds is 2. The zero-order valence-electron chi connectivity index (χ0n) is 13.4. The number of nitrogens with zero attached hydrogens (tertiary/aromatic N) is 2. The molecule has 0 saturated carbocycles. The molecule has 0 spiro atoms. The van der Waals surface area contributed by atoms with Gasteiger partial charge in [0.25, 0.3) is 0 Å². The Kier molecular flexibility index (Phi) is 5.35. The molecule has 1 aromatic heterocycles. The van der Waals surface area contributed by atoms with Crippen LogP contribution in [-0.2, 0) is 12.0 Å². The topological polar surface area (TPSA) is 28.2 Å². The Hall–Kier alpha value is -1.26. The average Bonchev–Trinajstić information content (AvgIpc) is 2.82. The van der Waals surface area contributed by atoms with Gasteiger partial charge < -0.3 is 10.2 Å². The molecule has 0 atom stereocenters. The summed E-state index contributed by atoms with van der Waals surface area (Å²) in [7, 11) is 0. The van der Waals surface area contributed by atoms with Crippen molar-refractivity contribution in [2.75, 3.05) is 23.3 Å². The number of aromatic nitrogens is 1. The number of fused-ring (bicyclic) bond motifs is 1. The van der Waals surface area contributed by atoms with E-state index < -0.39 is 0 Å². The molecule has 1 aliphatic rings. The number of hydrogen-bond acceptors (Lipinski definition) is 4. The third-order valence-electron chi connectivity index (χ3n) is 3.81. The van der Waals surface area contributed by atoms with Crippen LogP contribution in [0.25, 0.3) is 0 Å². The fraction of sp³-hybridized carbons (Fsp3) is 0.471. The van der Waals surface area contributed by atoms with Gasteiger partial charge in [-0.15, -0.1) is 23.7 Å². The molecule has 0 saturated heterocycles. The van der Waals surface area contributed by atoms with Gasteiger partial charge in [0, 0.05) is 23.9 Å². The quantitative estimate of drug-likeness (QED) is 0.862. The van der Waals surface area contributed by atoms with Gasteiger partial charge in [0.05, 0.1) is 23.6 Å². The Morgan fingerprint density at radius 2 is 2.05 bits per heavy atom. The first kappa shape index (κ1) is 17.1. The van der Waals surface area contributed by atoms with Crippen molar-refractivity contribution in [1.29, 1.82) is 0 Å². The summed E-state index contributed by atoms with van der Waals surface area (Å²) in [5.74, 6) is 0. The van der Waals surface area contributed by atoms with Crippen molar-refractivity contribution in [3.05, 3.63) is 40.3 Å². The smallest absolute Gasteiger partial charge is 0.112 e. The minimum atomic E-state index is 0. The van der Waals surface area contributed by atoms with Gasteiger partial charge in [-0.3, -0.25) is 0 Å². The van der Waals surface area contributed by atoms with Gasteiger partial charge in [-0.1, -0.05) is 32.9 Å². The van der Waals surface area contributed by atoms with E-state index in [1.54, 1.807) is 11.3 Å². The summed E-state index contributed by atoms with van der Waals surface area (Å²) in [5.41, 5.74) is 3.86. The molecule has 120 valence electrons. The number of halogens is 1. The molecule has 5 heteroatoms. The van der Waals surface area contributed by atoms with Gasteiger partial charge in [0.1, 0.15) is 5.01 Å². The van der Waals surface area contributed by atoms with Crippen LogP contribution in [0, 0.1) is 0 Å². The van der Waals surface area contributed by atoms with Crippen molar-refractivity contribution >= 4 is 35.1 Å². The third-order valence-corrected chi connectivity index (χ3v) is 4.64. The van der Waals surface area contributed by atoms with E-state index in [2.05, 4.69) is 60.6 Å². The predicted molar refractivity (Wildman–Crippen MR) is 98.7 cm³/mol. The van der Waals surface area contributed by atoms with Gasteiger partial charge >= 0.3 is 0 Å². The standard InChI is InChI=1S/C17H23N3S.ClH/c1-17(2,3)15-12-21-16(19-15)11-20-10-6-9-18-13-7-4-5-8-14(13)20;/h4-5,7-8,12,18H,6,9-11H2,1-3H3;1H. The molecule has 0 unspecified atom stereocenters. The number of anilines is 2. The van der Waals surface area contributed by atoms with E-state index >= 15 is 0 Å². The fourth-order valence-electron chi connectivity index (χ4n) is 2.57.